The number of fused-ring (bicyclic) bond motifs is 8. The first-order valence-electron chi connectivity index (χ1n) is 17.5. The highest BCUT2D eigenvalue weighted by Crippen LogP contribution is 2.43. The maximum absolute atomic E-state index is 6.33. The number of para-hydroxylation sites is 1. The van der Waals surface area contributed by atoms with E-state index in [0.717, 1.165) is 60.8 Å². The number of rotatable bonds is 4. The van der Waals surface area contributed by atoms with Crippen LogP contribution in [0.3, 0.4) is 0 Å². The molecule has 11 aromatic rings. The lowest BCUT2D eigenvalue weighted by molar-refractivity contribution is 0.669. The number of hydrogen-bond acceptors (Lipinski definition) is 4. The molecule has 0 fully saturated rings. The molecular weight excluding hydrogens is 653 g/mol. The van der Waals surface area contributed by atoms with Crippen LogP contribution in [0.5, 0.6) is 0 Å². The molecule has 3 heterocycles. The minimum absolute atomic E-state index is 0.681. The van der Waals surface area contributed by atoms with Gasteiger partial charge >= 0.3 is 0 Å². The van der Waals surface area contributed by atoms with Crippen LogP contribution in [0.4, 0.5) is 0 Å². The largest absolute Gasteiger partial charge is 0.456 e. The molecule has 0 aliphatic carbocycles. The second-order valence-corrected chi connectivity index (χ2v) is 14.4. The standard InChI is InChI=1S/C48H28N2OS/c1-3-14-33-29(11-1)13-9-18-35(33)43-28-42(31-23-24-37-36-16-5-7-21-44(36)51-45(37)27-31)49-48(50-43)32-25-30-12-2-4-15-34(30)41(26-32)40-20-10-19-39-38-17-6-8-22-46(38)52-47(39)40/h1-28H. The van der Waals surface area contributed by atoms with Gasteiger partial charge in [-0.2, -0.15) is 0 Å². The number of benzene rings is 8. The molecule has 0 saturated heterocycles. The van der Waals surface area contributed by atoms with Crippen LogP contribution in [0.25, 0.3) is 109 Å². The molecule has 8 aromatic carbocycles. The fourth-order valence-corrected chi connectivity index (χ4v) is 9.05. The molecule has 0 aliphatic heterocycles. The molecule has 3 nitrogen and oxygen atoms in total. The van der Waals surface area contributed by atoms with E-state index < -0.39 is 0 Å². The highest BCUT2D eigenvalue weighted by molar-refractivity contribution is 7.26. The molecule has 0 aliphatic rings. The van der Waals surface area contributed by atoms with E-state index in [1.54, 1.807) is 0 Å². The summed E-state index contributed by atoms with van der Waals surface area (Å²) in [5.41, 5.74) is 8.87. The van der Waals surface area contributed by atoms with Crippen LogP contribution in [0.15, 0.2) is 174 Å². The molecule has 0 amide bonds. The number of thiophene rings is 1. The molecule has 0 spiro atoms. The van der Waals surface area contributed by atoms with Gasteiger partial charge in [0.1, 0.15) is 11.2 Å². The van der Waals surface area contributed by atoms with E-state index in [0.29, 0.717) is 5.82 Å². The molecule has 52 heavy (non-hydrogen) atoms. The van der Waals surface area contributed by atoms with Gasteiger partial charge in [0.05, 0.1) is 11.4 Å². The predicted molar refractivity (Wildman–Crippen MR) is 219 cm³/mol. The van der Waals surface area contributed by atoms with Crippen molar-refractivity contribution in [1.29, 1.82) is 0 Å². The summed E-state index contributed by atoms with van der Waals surface area (Å²) in [7, 11) is 0. The van der Waals surface area contributed by atoms with Crippen molar-refractivity contribution in [3.8, 4) is 45.0 Å². The van der Waals surface area contributed by atoms with E-state index in [9.17, 15) is 0 Å². The Hall–Kier alpha value is -6.62. The zero-order valence-corrected chi connectivity index (χ0v) is 28.7. The second kappa shape index (κ2) is 11.5. The van der Waals surface area contributed by atoms with Crippen molar-refractivity contribution in [2.45, 2.75) is 0 Å². The van der Waals surface area contributed by atoms with Crippen LogP contribution in [-0.2, 0) is 0 Å². The fourth-order valence-electron chi connectivity index (χ4n) is 7.82. The molecular formula is C48H28N2OS. The molecule has 4 heteroatoms. The highest BCUT2D eigenvalue weighted by atomic mass is 32.1. The summed E-state index contributed by atoms with van der Waals surface area (Å²) in [4.78, 5) is 10.7. The van der Waals surface area contributed by atoms with Crippen molar-refractivity contribution in [2.24, 2.45) is 0 Å². The lowest BCUT2D eigenvalue weighted by Gasteiger charge is -2.14. The molecule has 0 unspecified atom stereocenters. The minimum Gasteiger partial charge on any atom is -0.456 e. The van der Waals surface area contributed by atoms with Crippen LogP contribution in [0, 0.1) is 0 Å². The Bertz CT molecular complexity index is 3200. The van der Waals surface area contributed by atoms with E-state index >= 15 is 0 Å². The summed E-state index contributed by atoms with van der Waals surface area (Å²) in [5.74, 6) is 0.681. The van der Waals surface area contributed by atoms with Gasteiger partial charge in [-0.1, -0.05) is 127 Å². The van der Waals surface area contributed by atoms with Gasteiger partial charge in [-0.05, 0) is 69.6 Å². The van der Waals surface area contributed by atoms with Gasteiger partial charge in [0, 0.05) is 53.2 Å². The van der Waals surface area contributed by atoms with E-state index in [4.69, 9.17) is 14.4 Å². The highest BCUT2D eigenvalue weighted by Gasteiger charge is 2.18. The topological polar surface area (TPSA) is 38.9 Å². The van der Waals surface area contributed by atoms with Crippen LogP contribution in [0.1, 0.15) is 0 Å². The van der Waals surface area contributed by atoms with Gasteiger partial charge in [-0.15, -0.1) is 11.3 Å². The zero-order valence-electron chi connectivity index (χ0n) is 27.9. The maximum Gasteiger partial charge on any atom is 0.160 e. The summed E-state index contributed by atoms with van der Waals surface area (Å²) >= 11 is 1.86. The number of nitrogens with zero attached hydrogens (tertiary/aromatic N) is 2. The summed E-state index contributed by atoms with van der Waals surface area (Å²) < 4.78 is 8.91. The SMILES string of the molecule is c1ccc2c(-c3cc(-c4ccc5c(c4)oc4ccccc45)nc(-c4cc(-c5cccc6c5sc5ccccc56)c5ccccc5c4)n3)cccc2c1. The molecule has 0 atom stereocenters. The summed E-state index contributed by atoms with van der Waals surface area (Å²) in [6.45, 7) is 0. The minimum atomic E-state index is 0.681. The number of hydrogen-bond donors (Lipinski definition) is 0. The third-order valence-electron chi connectivity index (χ3n) is 10.3. The van der Waals surface area contributed by atoms with Crippen molar-refractivity contribution < 1.29 is 4.42 Å². The van der Waals surface area contributed by atoms with Gasteiger partial charge in [-0.25, -0.2) is 9.97 Å². The van der Waals surface area contributed by atoms with Crippen molar-refractivity contribution >= 4 is 75.0 Å². The van der Waals surface area contributed by atoms with E-state index in [-0.39, 0.29) is 0 Å². The first kappa shape index (κ1) is 29.1. The molecule has 242 valence electrons. The first-order chi connectivity index (χ1) is 25.7. The Kier molecular flexibility index (Phi) is 6.42. The molecule has 0 saturated carbocycles. The van der Waals surface area contributed by atoms with Gasteiger partial charge in [0.15, 0.2) is 5.82 Å². The fraction of sp³-hybridized carbons (Fsp3) is 0. The van der Waals surface area contributed by atoms with Crippen LogP contribution < -0.4 is 0 Å². The molecule has 3 aromatic heterocycles. The quantitative estimate of drug-likeness (QED) is 0.186. The Morgan fingerprint density at radius 2 is 1.04 bits per heavy atom. The van der Waals surface area contributed by atoms with E-state index in [2.05, 4.69) is 158 Å². The molecule has 0 N–H and O–H groups in total. The van der Waals surface area contributed by atoms with Gasteiger partial charge in [0.2, 0.25) is 0 Å². The second-order valence-electron chi connectivity index (χ2n) is 13.3. The van der Waals surface area contributed by atoms with Crippen molar-refractivity contribution in [3.05, 3.63) is 170 Å². The third kappa shape index (κ3) is 4.58. The third-order valence-corrected chi connectivity index (χ3v) is 11.5. The van der Waals surface area contributed by atoms with Gasteiger partial charge in [0.25, 0.3) is 0 Å². The summed E-state index contributed by atoms with van der Waals surface area (Å²) in [6, 6.07) is 60.2. The van der Waals surface area contributed by atoms with Crippen molar-refractivity contribution in [3.63, 3.8) is 0 Å². The predicted octanol–water partition coefficient (Wildman–Crippen LogP) is 13.7. The Morgan fingerprint density at radius 1 is 0.385 bits per heavy atom. The van der Waals surface area contributed by atoms with Crippen LogP contribution >= 0.6 is 11.3 Å². The summed E-state index contributed by atoms with van der Waals surface area (Å²) in [5, 5.41) is 9.47. The zero-order chi connectivity index (χ0) is 34.2. The number of aromatic nitrogens is 2. The Balaban J connectivity index is 1.17. The lowest BCUT2D eigenvalue weighted by Crippen LogP contribution is -1.97. The van der Waals surface area contributed by atoms with E-state index in [1.807, 2.05) is 23.5 Å². The maximum atomic E-state index is 6.33. The number of furan rings is 1. The Labute approximate surface area is 303 Å². The molecule has 11 rings (SSSR count). The average molecular weight is 681 g/mol. The van der Waals surface area contributed by atoms with Crippen LogP contribution in [-0.4, -0.2) is 9.97 Å². The van der Waals surface area contributed by atoms with E-state index in [1.165, 1.54) is 42.1 Å². The van der Waals surface area contributed by atoms with Crippen molar-refractivity contribution in [1.82, 2.24) is 9.97 Å². The molecule has 0 radical (unpaired) electrons. The Morgan fingerprint density at radius 3 is 1.94 bits per heavy atom. The normalized spacial score (nSPS) is 11.8. The smallest absolute Gasteiger partial charge is 0.160 e. The van der Waals surface area contributed by atoms with Crippen molar-refractivity contribution in [2.75, 3.05) is 0 Å². The van der Waals surface area contributed by atoms with Gasteiger partial charge in [-0.3, -0.25) is 0 Å². The van der Waals surface area contributed by atoms with Gasteiger partial charge < -0.3 is 4.42 Å². The lowest BCUT2D eigenvalue weighted by atomic mass is 9.94. The first-order valence-corrected chi connectivity index (χ1v) is 18.3. The van der Waals surface area contributed by atoms with Crippen LogP contribution in [0.2, 0.25) is 0 Å². The summed E-state index contributed by atoms with van der Waals surface area (Å²) in [6.07, 6.45) is 0. The average Bonchev–Trinajstić information content (AvgIpc) is 3.78. The molecule has 0 bridgehead atoms. The monoisotopic (exact) mass is 680 g/mol.